The highest BCUT2D eigenvalue weighted by Crippen LogP contribution is 2.13. The van der Waals surface area contributed by atoms with Gasteiger partial charge in [0.25, 0.3) is 5.91 Å². The number of amides is 1. The molecule has 0 radical (unpaired) electrons. The Morgan fingerprint density at radius 3 is 2.57 bits per heavy atom. The molecule has 1 aromatic carbocycles. The molecule has 0 saturated heterocycles. The molecule has 0 bridgehead atoms. The molecule has 116 valence electrons. The Morgan fingerprint density at radius 2 is 2.00 bits per heavy atom. The summed E-state index contributed by atoms with van der Waals surface area (Å²) >= 11 is 0. The van der Waals surface area contributed by atoms with Crippen molar-refractivity contribution < 1.29 is 22.7 Å². The first-order valence-corrected chi connectivity index (χ1v) is 8.18. The zero-order valence-corrected chi connectivity index (χ0v) is 12.9. The maximum absolute atomic E-state index is 11.9. The van der Waals surface area contributed by atoms with Crippen LogP contribution in [0.5, 0.6) is 0 Å². The number of sulfonamides is 1. The number of likely N-dealkylation sites (N-methyl/N-ethyl adjacent to an activating group) is 1. The van der Waals surface area contributed by atoms with E-state index in [9.17, 15) is 18.0 Å². The quantitative estimate of drug-likeness (QED) is 0.754. The van der Waals surface area contributed by atoms with E-state index >= 15 is 0 Å². The van der Waals surface area contributed by atoms with E-state index in [0.29, 0.717) is 6.54 Å². The largest absolute Gasteiger partial charge is 0.449 e. The fraction of sp³-hybridized carbons (Fsp3) is 0.385. The summed E-state index contributed by atoms with van der Waals surface area (Å²) in [5.41, 5.74) is 0.400. The van der Waals surface area contributed by atoms with E-state index in [1.54, 1.807) is 6.92 Å². The number of rotatable bonds is 6. The molecule has 0 spiro atoms. The van der Waals surface area contributed by atoms with E-state index in [1.807, 2.05) is 0 Å². The fourth-order valence-corrected chi connectivity index (χ4v) is 2.08. The molecule has 1 rings (SSSR count). The highest BCUT2D eigenvalue weighted by atomic mass is 32.2. The zero-order chi connectivity index (χ0) is 16.0. The Kier molecular flexibility index (Phi) is 5.71. The summed E-state index contributed by atoms with van der Waals surface area (Å²) in [6, 6.07) is 5.83. The van der Waals surface area contributed by atoms with Crippen LogP contribution in [0.3, 0.4) is 0 Å². The first kappa shape index (κ1) is 17.0. The molecule has 0 aliphatic carbocycles. The van der Waals surface area contributed by atoms with Crippen molar-refractivity contribution in [1.82, 2.24) is 5.32 Å². The van der Waals surface area contributed by atoms with Crippen LogP contribution in [0.2, 0.25) is 0 Å². The van der Waals surface area contributed by atoms with Crippen molar-refractivity contribution in [1.29, 1.82) is 0 Å². The Bertz CT molecular complexity index is 627. The summed E-state index contributed by atoms with van der Waals surface area (Å²) in [7, 11) is -3.43. The molecule has 0 aromatic heterocycles. The molecule has 0 fully saturated rings. The van der Waals surface area contributed by atoms with Crippen LogP contribution in [0.25, 0.3) is 0 Å². The summed E-state index contributed by atoms with van der Waals surface area (Å²) in [6.07, 6.45) is 0.0822. The van der Waals surface area contributed by atoms with Gasteiger partial charge in [0, 0.05) is 12.2 Å². The van der Waals surface area contributed by atoms with E-state index in [2.05, 4.69) is 10.0 Å². The SMILES string of the molecule is CCNC(=O)C(C)OC(=O)c1cccc(NS(C)(=O)=O)c1. The number of hydrogen-bond donors (Lipinski definition) is 2. The number of anilines is 1. The van der Waals surface area contributed by atoms with Crippen LogP contribution >= 0.6 is 0 Å². The predicted molar refractivity (Wildman–Crippen MR) is 78.5 cm³/mol. The number of carbonyl (C=O) groups excluding carboxylic acids is 2. The van der Waals surface area contributed by atoms with Gasteiger partial charge in [-0.2, -0.15) is 0 Å². The standard InChI is InChI=1S/C13H18N2O5S/c1-4-14-12(16)9(2)20-13(17)10-6-5-7-11(8-10)15-21(3,18)19/h5-9,15H,4H2,1-3H3,(H,14,16). The Hall–Kier alpha value is -2.09. The van der Waals surface area contributed by atoms with E-state index in [-0.39, 0.29) is 11.3 Å². The lowest BCUT2D eigenvalue weighted by Gasteiger charge is -2.13. The lowest BCUT2D eigenvalue weighted by Crippen LogP contribution is -2.35. The van der Waals surface area contributed by atoms with Crippen molar-refractivity contribution in [3.8, 4) is 0 Å². The van der Waals surface area contributed by atoms with Crippen LogP contribution in [0.4, 0.5) is 5.69 Å². The third-order valence-electron chi connectivity index (χ3n) is 2.41. The van der Waals surface area contributed by atoms with Gasteiger partial charge in [0.1, 0.15) is 0 Å². The minimum absolute atomic E-state index is 0.153. The van der Waals surface area contributed by atoms with Crippen molar-refractivity contribution in [2.45, 2.75) is 20.0 Å². The van der Waals surface area contributed by atoms with Gasteiger partial charge in [-0.05, 0) is 32.0 Å². The number of ether oxygens (including phenoxy) is 1. The monoisotopic (exact) mass is 314 g/mol. The molecule has 1 aromatic rings. The lowest BCUT2D eigenvalue weighted by atomic mass is 10.2. The topological polar surface area (TPSA) is 102 Å². The summed E-state index contributed by atoms with van der Waals surface area (Å²) in [5.74, 6) is -1.10. The van der Waals surface area contributed by atoms with Gasteiger partial charge in [0.05, 0.1) is 11.8 Å². The number of esters is 1. The first-order chi connectivity index (χ1) is 9.73. The average molecular weight is 314 g/mol. The van der Waals surface area contributed by atoms with Crippen LogP contribution in [-0.4, -0.2) is 39.2 Å². The summed E-state index contributed by atoms with van der Waals surface area (Å²) in [4.78, 5) is 23.4. The van der Waals surface area contributed by atoms with Crippen LogP contribution < -0.4 is 10.0 Å². The molecule has 1 unspecified atom stereocenters. The molecule has 2 N–H and O–H groups in total. The Morgan fingerprint density at radius 1 is 1.33 bits per heavy atom. The Balaban J connectivity index is 2.79. The number of nitrogens with one attached hydrogen (secondary N) is 2. The smallest absolute Gasteiger partial charge is 0.338 e. The Labute approximate surface area is 123 Å². The second-order valence-corrected chi connectivity index (χ2v) is 6.15. The molecule has 0 aliphatic heterocycles. The van der Waals surface area contributed by atoms with Gasteiger partial charge in [-0.15, -0.1) is 0 Å². The molecule has 1 amide bonds. The van der Waals surface area contributed by atoms with Gasteiger partial charge in [0.15, 0.2) is 6.10 Å². The van der Waals surface area contributed by atoms with Gasteiger partial charge in [-0.3, -0.25) is 9.52 Å². The van der Waals surface area contributed by atoms with Crippen molar-refractivity contribution in [2.24, 2.45) is 0 Å². The number of carbonyl (C=O) groups is 2. The van der Waals surface area contributed by atoms with Crippen molar-refractivity contribution >= 4 is 27.6 Å². The van der Waals surface area contributed by atoms with E-state index in [4.69, 9.17) is 4.74 Å². The van der Waals surface area contributed by atoms with Crippen molar-refractivity contribution in [3.63, 3.8) is 0 Å². The molecular weight excluding hydrogens is 296 g/mol. The lowest BCUT2D eigenvalue weighted by molar-refractivity contribution is -0.128. The second-order valence-electron chi connectivity index (χ2n) is 4.40. The molecule has 0 saturated carbocycles. The normalized spacial score (nSPS) is 12.3. The van der Waals surface area contributed by atoms with Gasteiger partial charge < -0.3 is 10.1 Å². The highest BCUT2D eigenvalue weighted by molar-refractivity contribution is 7.92. The highest BCUT2D eigenvalue weighted by Gasteiger charge is 2.18. The minimum atomic E-state index is -3.43. The fourth-order valence-electron chi connectivity index (χ4n) is 1.52. The van der Waals surface area contributed by atoms with Crippen LogP contribution in [0.15, 0.2) is 24.3 Å². The van der Waals surface area contributed by atoms with Gasteiger partial charge in [-0.25, -0.2) is 13.2 Å². The predicted octanol–water partition coefficient (Wildman–Crippen LogP) is 0.739. The summed E-state index contributed by atoms with van der Waals surface area (Å²) in [5, 5.41) is 2.54. The third-order valence-corrected chi connectivity index (χ3v) is 3.01. The first-order valence-electron chi connectivity index (χ1n) is 6.29. The molecule has 0 heterocycles. The summed E-state index contributed by atoms with van der Waals surface area (Å²) in [6.45, 7) is 3.66. The molecule has 21 heavy (non-hydrogen) atoms. The molecule has 1 atom stereocenters. The minimum Gasteiger partial charge on any atom is -0.449 e. The zero-order valence-electron chi connectivity index (χ0n) is 12.0. The van der Waals surface area contributed by atoms with Crippen LogP contribution in [0, 0.1) is 0 Å². The van der Waals surface area contributed by atoms with Crippen molar-refractivity contribution in [3.05, 3.63) is 29.8 Å². The molecule has 8 heteroatoms. The maximum Gasteiger partial charge on any atom is 0.338 e. The molecule has 0 aliphatic rings. The third kappa shape index (κ3) is 5.82. The van der Waals surface area contributed by atoms with E-state index < -0.39 is 28.0 Å². The second kappa shape index (κ2) is 7.07. The van der Waals surface area contributed by atoms with Crippen LogP contribution in [0.1, 0.15) is 24.2 Å². The molecule has 7 nitrogen and oxygen atoms in total. The molecular formula is C13H18N2O5S. The van der Waals surface area contributed by atoms with Crippen molar-refractivity contribution in [2.75, 3.05) is 17.5 Å². The van der Waals surface area contributed by atoms with Crippen LogP contribution in [-0.2, 0) is 19.6 Å². The average Bonchev–Trinajstić information content (AvgIpc) is 2.37. The van der Waals surface area contributed by atoms with Gasteiger partial charge in [-0.1, -0.05) is 6.07 Å². The maximum atomic E-state index is 11.9. The van der Waals surface area contributed by atoms with E-state index in [0.717, 1.165) is 6.26 Å². The number of hydrogen-bond acceptors (Lipinski definition) is 5. The summed E-state index contributed by atoms with van der Waals surface area (Å²) < 4.78 is 29.5. The van der Waals surface area contributed by atoms with E-state index in [1.165, 1.54) is 31.2 Å². The van der Waals surface area contributed by atoms with Gasteiger partial charge in [0.2, 0.25) is 10.0 Å². The van der Waals surface area contributed by atoms with Gasteiger partial charge >= 0.3 is 5.97 Å². The number of benzene rings is 1.